The maximum absolute atomic E-state index is 13.1. The Morgan fingerprint density at radius 3 is 2.67 bits per heavy atom. The number of hydrogen-bond donors (Lipinski definition) is 1. The predicted molar refractivity (Wildman–Crippen MR) is 92.6 cm³/mol. The average molecular weight is 375 g/mol. The number of alkyl halides is 3. The van der Waals surface area contributed by atoms with Gasteiger partial charge in [-0.15, -0.1) is 15.3 Å². The molecule has 0 aromatic carbocycles. The van der Waals surface area contributed by atoms with Gasteiger partial charge in [-0.3, -0.25) is 0 Å². The van der Waals surface area contributed by atoms with Gasteiger partial charge in [-0.25, -0.2) is 4.98 Å². The highest BCUT2D eigenvalue weighted by molar-refractivity contribution is 5.58. The Hall–Kier alpha value is -3.17. The van der Waals surface area contributed by atoms with Crippen LogP contribution in [-0.2, 0) is 12.6 Å². The van der Waals surface area contributed by atoms with Crippen molar-refractivity contribution in [1.82, 2.24) is 29.2 Å². The summed E-state index contributed by atoms with van der Waals surface area (Å²) in [5.74, 6) is -0.766. The van der Waals surface area contributed by atoms with Crippen LogP contribution >= 0.6 is 0 Å². The van der Waals surface area contributed by atoms with Crippen molar-refractivity contribution in [1.29, 1.82) is 0 Å². The zero-order valence-corrected chi connectivity index (χ0v) is 14.6. The number of hydrogen-bond acceptors (Lipinski definition) is 5. The van der Waals surface area contributed by atoms with E-state index in [0.29, 0.717) is 24.3 Å². The first kappa shape index (κ1) is 17.3. The second kappa shape index (κ2) is 6.22. The number of fused-ring (bicyclic) bond motifs is 2. The molecule has 10 heteroatoms. The van der Waals surface area contributed by atoms with Crippen molar-refractivity contribution in [2.24, 2.45) is 0 Å². The van der Waals surface area contributed by atoms with Gasteiger partial charge in [0.25, 0.3) is 5.82 Å². The Kier molecular flexibility index (Phi) is 3.97. The van der Waals surface area contributed by atoms with Crippen LogP contribution in [0.4, 0.5) is 19.0 Å². The van der Waals surface area contributed by atoms with Crippen LogP contribution in [0.15, 0.2) is 30.6 Å². The molecule has 0 saturated carbocycles. The zero-order chi connectivity index (χ0) is 19.2. The summed E-state index contributed by atoms with van der Waals surface area (Å²) in [4.78, 5) is 4.50. The molecular formula is C17H16F3N7. The van der Waals surface area contributed by atoms with E-state index in [2.05, 4.69) is 25.6 Å². The molecule has 4 heterocycles. The molecule has 0 aliphatic carbocycles. The molecule has 4 rings (SSSR count). The smallest absolute Gasteiger partial charge is 0.368 e. The molecule has 0 aliphatic rings. The standard InChI is InChI=1S/C17H16F3N7/c1-10-11(2)15-23-24-16(17(18,19)20)27(15)25-14(10)21-7-6-12-9-26-8-4-3-5-13(26)22-12/h3-5,8-9H,6-7H2,1-2H3,(H,21,25). The van der Waals surface area contributed by atoms with Gasteiger partial charge >= 0.3 is 6.18 Å². The monoisotopic (exact) mass is 375 g/mol. The quantitative estimate of drug-likeness (QED) is 0.594. The molecule has 0 bridgehead atoms. The van der Waals surface area contributed by atoms with E-state index in [4.69, 9.17) is 0 Å². The average Bonchev–Trinajstić information content (AvgIpc) is 3.22. The first-order chi connectivity index (χ1) is 12.8. The second-order valence-electron chi connectivity index (χ2n) is 6.23. The normalized spacial score (nSPS) is 12.2. The second-order valence-corrected chi connectivity index (χ2v) is 6.23. The molecule has 140 valence electrons. The Balaban J connectivity index is 1.58. The van der Waals surface area contributed by atoms with E-state index in [1.165, 1.54) is 0 Å². The van der Waals surface area contributed by atoms with E-state index in [0.717, 1.165) is 21.4 Å². The van der Waals surface area contributed by atoms with E-state index >= 15 is 0 Å². The van der Waals surface area contributed by atoms with Crippen molar-refractivity contribution in [2.75, 3.05) is 11.9 Å². The molecule has 0 atom stereocenters. The lowest BCUT2D eigenvalue weighted by Gasteiger charge is -2.12. The Bertz CT molecular complexity index is 1090. The minimum Gasteiger partial charge on any atom is -0.368 e. The summed E-state index contributed by atoms with van der Waals surface area (Å²) in [6, 6.07) is 5.73. The van der Waals surface area contributed by atoms with Crippen LogP contribution in [0, 0.1) is 13.8 Å². The number of anilines is 1. The molecule has 0 unspecified atom stereocenters. The summed E-state index contributed by atoms with van der Waals surface area (Å²) in [5.41, 5.74) is 3.16. The first-order valence-electron chi connectivity index (χ1n) is 8.31. The van der Waals surface area contributed by atoms with Crippen molar-refractivity contribution in [3.63, 3.8) is 0 Å². The number of aromatic nitrogens is 6. The molecule has 0 radical (unpaired) electrons. The highest BCUT2D eigenvalue weighted by atomic mass is 19.4. The minimum atomic E-state index is -4.62. The number of nitrogens with zero attached hydrogens (tertiary/aromatic N) is 6. The van der Waals surface area contributed by atoms with Crippen molar-refractivity contribution >= 4 is 17.1 Å². The topological polar surface area (TPSA) is 72.4 Å². The molecule has 0 amide bonds. The fraction of sp³-hybridized carbons (Fsp3) is 0.294. The molecule has 0 fully saturated rings. The largest absolute Gasteiger partial charge is 0.453 e. The highest BCUT2D eigenvalue weighted by Gasteiger charge is 2.38. The number of halogens is 3. The third-order valence-electron chi connectivity index (χ3n) is 4.43. The summed E-state index contributed by atoms with van der Waals surface area (Å²) in [6.07, 6.45) is -0.184. The fourth-order valence-electron chi connectivity index (χ4n) is 2.89. The molecule has 0 aliphatic heterocycles. The third-order valence-corrected chi connectivity index (χ3v) is 4.43. The molecular weight excluding hydrogens is 359 g/mol. The van der Waals surface area contributed by atoms with Gasteiger partial charge in [-0.05, 0) is 31.5 Å². The van der Waals surface area contributed by atoms with Crippen LogP contribution in [0.2, 0.25) is 0 Å². The van der Waals surface area contributed by atoms with Gasteiger partial charge in [-0.1, -0.05) is 6.07 Å². The van der Waals surface area contributed by atoms with Gasteiger partial charge in [0, 0.05) is 30.9 Å². The van der Waals surface area contributed by atoms with Crippen LogP contribution in [0.5, 0.6) is 0 Å². The summed E-state index contributed by atoms with van der Waals surface area (Å²) in [5, 5.41) is 14.0. The Morgan fingerprint density at radius 2 is 1.93 bits per heavy atom. The van der Waals surface area contributed by atoms with Crippen molar-refractivity contribution in [3.05, 3.63) is 53.2 Å². The Labute approximate surface area is 151 Å². The lowest BCUT2D eigenvalue weighted by molar-refractivity contribution is -0.146. The number of pyridine rings is 1. The van der Waals surface area contributed by atoms with Crippen LogP contribution in [-0.4, -0.2) is 35.7 Å². The zero-order valence-electron chi connectivity index (χ0n) is 14.6. The van der Waals surface area contributed by atoms with Crippen molar-refractivity contribution in [3.8, 4) is 0 Å². The summed E-state index contributed by atoms with van der Waals surface area (Å²) in [6.45, 7) is 3.97. The molecule has 4 aromatic rings. The summed E-state index contributed by atoms with van der Waals surface area (Å²) in [7, 11) is 0. The molecule has 7 nitrogen and oxygen atoms in total. The predicted octanol–water partition coefficient (Wildman–Crippen LogP) is 3.06. The van der Waals surface area contributed by atoms with Crippen molar-refractivity contribution in [2.45, 2.75) is 26.4 Å². The number of aryl methyl sites for hydroxylation is 1. The number of rotatable bonds is 4. The van der Waals surface area contributed by atoms with Crippen molar-refractivity contribution < 1.29 is 13.2 Å². The van der Waals surface area contributed by atoms with E-state index < -0.39 is 12.0 Å². The van der Waals surface area contributed by atoms with Gasteiger partial charge in [0.15, 0.2) is 5.65 Å². The highest BCUT2D eigenvalue weighted by Crippen LogP contribution is 2.29. The van der Waals surface area contributed by atoms with E-state index in [9.17, 15) is 13.2 Å². The van der Waals surface area contributed by atoms with E-state index in [1.54, 1.807) is 13.8 Å². The summed E-state index contributed by atoms with van der Waals surface area (Å²) < 4.78 is 42.0. The number of imidazole rings is 1. The third kappa shape index (κ3) is 3.07. The Morgan fingerprint density at radius 1 is 1.11 bits per heavy atom. The number of nitrogens with one attached hydrogen (secondary N) is 1. The molecule has 4 aromatic heterocycles. The minimum absolute atomic E-state index is 0.103. The molecule has 1 N–H and O–H groups in total. The van der Waals surface area contributed by atoms with Gasteiger partial charge in [-0.2, -0.15) is 17.7 Å². The van der Waals surface area contributed by atoms with Gasteiger partial charge in [0.1, 0.15) is 11.5 Å². The summed E-state index contributed by atoms with van der Waals surface area (Å²) >= 11 is 0. The maximum Gasteiger partial charge on any atom is 0.453 e. The maximum atomic E-state index is 13.1. The SMILES string of the molecule is Cc1c(NCCc2cn3ccccc3n2)nn2c(C(F)(F)F)nnc2c1C. The molecule has 0 spiro atoms. The first-order valence-corrected chi connectivity index (χ1v) is 8.31. The fourth-order valence-corrected chi connectivity index (χ4v) is 2.89. The van der Waals surface area contributed by atoms with Gasteiger partial charge in [0.2, 0.25) is 0 Å². The van der Waals surface area contributed by atoms with E-state index in [-0.39, 0.29) is 5.65 Å². The van der Waals surface area contributed by atoms with Gasteiger partial charge in [0.05, 0.1) is 5.69 Å². The lowest BCUT2D eigenvalue weighted by Crippen LogP contribution is -2.16. The lowest BCUT2D eigenvalue weighted by atomic mass is 10.2. The molecule has 27 heavy (non-hydrogen) atoms. The molecule has 0 saturated heterocycles. The van der Waals surface area contributed by atoms with Crippen LogP contribution in [0.25, 0.3) is 11.3 Å². The van der Waals surface area contributed by atoms with Crippen LogP contribution in [0.3, 0.4) is 0 Å². The van der Waals surface area contributed by atoms with Gasteiger partial charge < -0.3 is 9.72 Å². The van der Waals surface area contributed by atoms with Crippen LogP contribution in [0.1, 0.15) is 22.6 Å². The van der Waals surface area contributed by atoms with Crippen LogP contribution < -0.4 is 5.32 Å². The van der Waals surface area contributed by atoms with E-state index in [1.807, 2.05) is 35.0 Å².